The van der Waals surface area contributed by atoms with Crippen molar-refractivity contribution in [3.63, 3.8) is 0 Å². The Bertz CT molecular complexity index is 1010. The molecule has 134 valence electrons. The van der Waals surface area contributed by atoms with Crippen LogP contribution >= 0.6 is 0 Å². The second-order valence-corrected chi connectivity index (χ2v) is 5.74. The predicted molar refractivity (Wildman–Crippen MR) is 99.2 cm³/mol. The van der Waals surface area contributed by atoms with E-state index in [2.05, 4.69) is 0 Å². The summed E-state index contributed by atoms with van der Waals surface area (Å²) in [6, 6.07) is 11.9. The zero-order chi connectivity index (χ0) is 18.7. The smallest absolute Gasteiger partial charge is 0.344 e. The van der Waals surface area contributed by atoms with Crippen LogP contribution < -0.4 is 15.9 Å². The molecule has 6 heteroatoms. The van der Waals surface area contributed by atoms with E-state index in [4.69, 9.17) is 19.6 Å². The molecular weight excluding hydrogens is 334 g/mol. The molecule has 0 saturated heterocycles. The number of fused-ring (bicyclic) bond motifs is 1. The van der Waals surface area contributed by atoms with E-state index in [9.17, 15) is 9.59 Å². The maximum absolute atomic E-state index is 12.9. The van der Waals surface area contributed by atoms with Gasteiger partial charge in [-0.25, -0.2) is 4.79 Å². The molecule has 0 radical (unpaired) electrons. The zero-order valence-corrected chi connectivity index (χ0v) is 14.6. The van der Waals surface area contributed by atoms with Gasteiger partial charge >= 0.3 is 5.97 Å². The normalized spacial score (nSPS) is 10.7. The summed E-state index contributed by atoms with van der Waals surface area (Å²) < 4.78 is 16.0. The SMILES string of the molecule is CCOC(=O)COc1ccc2c(=O)c(-c3ccc(N)cc3)c(C)oc2c1. The largest absolute Gasteiger partial charge is 0.482 e. The lowest BCUT2D eigenvalue weighted by molar-refractivity contribution is -0.145. The fourth-order valence-electron chi connectivity index (χ4n) is 2.70. The van der Waals surface area contributed by atoms with Crippen molar-refractivity contribution in [3.8, 4) is 16.9 Å². The fraction of sp³-hybridized carbons (Fsp3) is 0.200. The monoisotopic (exact) mass is 353 g/mol. The van der Waals surface area contributed by atoms with Gasteiger partial charge in [0.05, 0.1) is 17.6 Å². The molecule has 0 atom stereocenters. The summed E-state index contributed by atoms with van der Waals surface area (Å²) in [5.74, 6) is 0.465. The third kappa shape index (κ3) is 3.54. The maximum Gasteiger partial charge on any atom is 0.344 e. The summed E-state index contributed by atoms with van der Waals surface area (Å²) in [4.78, 5) is 24.3. The third-order valence-corrected chi connectivity index (χ3v) is 3.90. The molecule has 0 aliphatic rings. The van der Waals surface area contributed by atoms with Crippen molar-refractivity contribution < 1.29 is 18.7 Å². The van der Waals surface area contributed by atoms with Gasteiger partial charge in [0.2, 0.25) is 5.43 Å². The van der Waals surface area contributed by atoms with Crippen LogP contribution in [0.2, 0.25) is 0 Å². The standard InChI is InChI=1S/C20H19NO5/c1-3-24-18(22)11-25-15-8-9-16-17(10-15)26-12(2)19(20(16)23)13-4-6-14(21)7-5-13/h4-10H,3,11,21H2,1-2H3. The molecule has 3 rings (SSSR count). The van der Waals surface area contributed by atoms with Gasteiger partial charge < -0.3 is 19.6 Å². The first-order chi connectivity index (χ1) is 12.5. The molecule has 0 spiro atoms. The lowest BCUT2D eigenvalue weighted by Crippen LogP contribution is -2.14. The number of aryl methyl sites for hydroxylation is 1. The van der Waals surface area contributed by atoms with Gasteiger partial charge in [0, 0.05) is 11.8 Å². The van der Waals surface area contributed by atoms with E-state index < -0.39 is 5.97 Å². The van der Waals surface area contributed by atoms with Crippen LogP contribution in [-0.2, 0) is 9.53 Å². The lowest BCUT2D eigenvalue weighted by Gasteiger charge is -2.09. The molecule has 0 amide bonds. The Morgan fingerprint density at radius 2 is 1.88 bits per heavy atom. The van der Waals surface area contributed by atoms with Crippen LogP contribution in [0.25, 0.3) is 22.1 Å². The topological polar surface area (TPSA) is 91.8 Å². The Morgan fingerprint density at radius 1 is 1.15 bits per heavy atom. The Hall–Kier alpha value is -3.28. The van der Waals surface area contributed by atoms with Crippen LogP contribution in [0.3, 0.4) is 0 Å². The highest BCUT2D eigenvalue weighted by atomic mass is 16.6. The van der Waals surface area contributed by atoms with Crippen molar-refractivity contribution in [2.75, 3.05) is 18.9 Å². The summed E-state index contributed by atoms with van der Waals surface area (Å²) in [5, 5.41) is 0.436. The molecule has 2 aromatic carbocycles. The molecule has 0 bridgehead atoms. The van der Waals surface area contributed by atoms with Crippen LogP contribution in [0.5, 0.6) is 5.75 Å². The van der Waals surface area contributed by atoms with E-state index in [0.717, 1.165) is 5.56 Å². The van der Waals surface area contributed by atoms with Crippen LogP contribution in [0, 0.1) is 6.92 Å². The Kier molecular flexibility index (Phi) is 4.93. The van der Waals surface area contributed by atoms with E-state index >= 15 is 0 Å². The van der Waals surface area contributed by atoms with Gasteiger partial charge in [-0.15, -0.1) is 0 Å². The number of hydrogen-bond donors (Lipinski definition) is 1. The number of nitrogens with two attached hydrogens (primary N) is 1. The van der Waals surface area contributed by atoms with Gasteiger partial charge in [-0.05, 0) is 43.7 Å². The minimum Gasteiger partial charge on any atom is -0.482 e. The summed E-state index contributed by atoms with van der Waals surface area (Å²) in [6.07, 6.45) is 0. The van der Waals surface area contributed by atoms with Crippen LogP contribution in [-0.4, -0.2) is 19.2 Å². The van der Waals surface area contributed by atoms with Crippen molar-refractivity contribution in [1.29, 1.82) is 0 Å². The van der Waals surface area contributed by atoms with Crippen molar-refractivity contribution in [3.05, 3.63) is 58.4 Å². The van der Waals surface area contributed by atoms with Gasteiger partial charge in [-0.1, -0.05) is 12.1 Å². The van der Waals surface area contributed by atoms with Gasteiger partial charge in [0.1, 0.15) is 17.1 Å². The number of benzene rings is 2. The Morgan fingerprint density at radius 3 is 2.58 bits per heavy atom. The van der Waals surface area contributed by atoms with E-state index in [1.165, 1.54) is 0 Å². The molecule has 2 N–H and O–H groups in total. The molecule has 0 aliphatic carbocycles. The van der Waals surface area contributed by atoms with Gasteiger partial charge in [-0.3, -0.25) is 4.79 Å². The van der Waals surface area contributed by atoms with Gasteiger partial charge in [-0.2, -0.15) is 0 Å². The number of anilines is 1. The molecule has 0 saturated carbocycles. The number of nitrogen functional groups attached to an aromatic ring is 1. The van der Waals surface area contributed by atoms with Crippen molar-refractivity contribution in [2.24, 2.45) is 0 Å². The number of ether oxygens (including phenoxy) is 2. The number of esters is 1. The highest BCUT2D eigenvalue weighted by Gasteiger charge is 2.14. The molecule has 3 aromatic rings. The highest BCUT2D eigenvalue weighted by molar-refractivity contribution is 5.84. The minimum atomic E-state index is -0.455. The molecule has 1 heterocycles. The van der Waals surface area contributed by atoms with Crippen molar-refractivity contribution in [2.45, 2.75) is 13.8 Å². The fourth-order valence-corrected chi connectivity index (χ4v) is 2.70. The molecule has 6 nitrogen and oxygen atoms in total. The maximum atomic E-state index is 12.9. The van der Waals surface area contributed by atoms with Crippen LogP contribution in [0.15, 0.2) is 51.7 Å². The summed E-state index contributed by atoms with van der Waals surface area (Å²) in [7, 11) is 0. The highest BCUT2D eigenvalue weighted by Crippen LogP contribution is 2.26. The van der Waals surface area contributed by atoms with E-state index in [0.29, 0.717) is 40.3 Å². The molecular formula is C20H19NO5. The average molecular weight is 353 g/mol. The van der Waals surface area contributed by atoms with Crippen molar-refractivity contribution in [1.82, 2.24) is 0 Å². The third-order valence-electron chi connectivity index (χ3n) is 3.90. The second kappa shape index (κ2) is 7.31. The molecule has 1 aromatic heterocycles. The van der Waals surface area contributed by atoms with Gasteiger partial charge in [0.25, 0.3) is 0 Å². The minimum absolute atomic E-state index is 0.134. The summed E-state index contributed by atoms with van der Waals surface area (Å²) in [6.45, 7) is 3.55. The van der Waals surface area contributed by atoms with Crippen molar-refractivity contribution >= 4 is 22.6 Å². The van der Waals surface area contributed by atoms with Crippen LogP contribution in [0.4, 0.5) is 5.69 Å². The van der Waals surface area contributed by atoms with E-state index in [1.807, 2.05) is 0 Å². The number of carbonyl (C=O) groups excluding carboxylic acids is 1. The van der Waals surface area contributed by atoms with E-state index in [-0.39, 0.29) is 12.0 Å². The first kappa shape index (κ1) is 17.5. The number of carbonyl (C=O) groups is 1. The zero-order valence-electron chi connectivity index (χ0n) is 14.6. The average Bonchev–Trinajstić information content (AvgIpc) is 2.61. The molecule has 26 heavy (non-hydrogen) atoms. The Labute approximate surface area is 150 Å². The summed E-state index contributed by atoms with van der Waals surface area (Å²) in [5.41, 5.74) is 7.84. The number of hydrogen-bond acceptors (Lipinski definition) is 6. The van der Waals surface area contributed by atoms with E-state index in [1.54, 1.807) is 56.3 Å². The lowest BCUT2D eigenvalue weighted by atomic mass is 10.0. The predicted octanol–water partition coefficient (Wildman–Crippen LogP) is 3.29. The second-order valence-electron chi connectivity index (χ2n) is 5.74. The van der Waals surface area contributed by atoms with Gasteiger partial charge in [0.15, 0.2) is 6.61 Å². The summed E-state index contributed by atoms with van der Waals surface area (Å²) >= 11 is 0. The molecule has 0 unspecified atom stereocenters. The molecule has 0 aliphatic heterocycles. The quantitative estimate of drug-likeness (QED) is 0.559. The number of rotatable bonds is 5. The first-order valence-electron chi connectivity index (χ1n) is 8.21. The first-order valence-corrected chi connectivity index (χ1v) is 8.21. The molecule has 0 fully saturated rings. The van der Waals surface area contributed by atoms with Crippen LogP contribution in [0.1, 0.15) is 12.7 Å². The Balaban J connectivity index is 1.97.